The number of ether oxygens (including phenoxy) is 1. The van der Waals surface area contributed by atoms with Crippen LogP contribution in [0.25, 0.3) is 6.08 Å². The van der Waals surface area contributed by atoms with E-state index in [1.807, 2.05) is 58.0 Å². The molecule has 4 nitrogen and oxygen atoms in total. The van der Waals surface area contributed by atoms with Crippen molar-refractivity contribution in [3.8, 4) is 5.75 Å². The summed E-state index contributed by atoms with van der Waals surface area (Å²) in [4.78, 5) is 20.0. The molecule has 0 saturated carbocycles. The summed E-state index contributed by atoms with van der Waals surface area (Å²) in [6, 6.07) is 14.5. The van der Waals surface area contributed by atoms with E-state index in [4.69, 9.17) is 4.74 Å². The first-order chi connectivity index (χ1) is 14.2. The van der Waals surface area contributed by atoms with Gasteiger partial charge in [0.2, 0.25) is 0 Å². The van der Waals surface area contributed by atoms with E-state index in [9.17, 15) is 4.79 Å². The molecule has 1 saturated heterocycles. The van der Waals surface area contributed by atoms with Gasteiger partial charge in [0, 0.05) is 12.1 Å². The molecule has 0 spiro atoms. The smallest absolute Gasteiger partial charge is 0.266 e. The number of carbonyl (C=O) groups excluding carboxylic acids is 1. The Kier molecular flexibility index (Phi) is 7.63. The van der Waals surface area contributed by atoms with Gasteiger partial charge >= 0.3 is 0 Å². The third kappa shape index (κ3) is 5.66. The van der Waals surface area contributed by atoms with Crippen LogP contribution in [0.1, 0.15) is 44.4 Å². The zero-order chi connectivity index (χ0) is 21.8. The number of hydrogen-bond donors (Lipinski definition) is 0. The largest absolute Gasteiger partial charge is 0.488 e. The average molecular weight is 534 g/mol. The molecule has 0 aliphatic carbocycles. The van der Waals surface area contributed by atoms with E-state index in [2.05, 4.69) is 52.7 Å². The van der Waals surface area contributed by atoms with E-state index in [0.717, 1.165) is 25.6 Å². The van der Waals surface area contributed by atoms with E-state index in [1.54, 1.807) is 4.90 Å². The van der Waals surface area contributed by atoms with E-state index < -0.39 is 0 Å². The lowest BCUT2D eigenvalue weighted by Crippen LogP contribution is -2.35. The lowest BCUT2D eigenvalue weighted by molar-refractivity contribution is -0.123. The van der Waals surface area contributed by atoms with Gasteiger partial charge in [0.05, 0.1) is 8.48 Å². The second-order valence-electron chi connectivity index (χ2n) is 7.85. The van der Waals surface area contributed by atoms with Crippen molar-refractivity contribution < 1.29 is 9.53 Å². The summed E-state index contributed by atoms with van der Waals surface area (Å²) in [5.41, 5.74) is 3.35. The molecule has 1 amide bonds. The van der Waals surface area contributed by atoms with Crippen molar-refractivity contribution in [1.29, 1.82) is 0 Å². The molecule has 0 N–H and O–H groups in total. The molecule has 0 radical (unpaired) electrons. The number of hydrogen-bond acceptors (Lipinski definition) is 4. The Hall–Kier alpha value is -1.80. The van der Waals surface area contributed by atoms with Crippen LogP contribution in [0.2, 0.25) is 0 Å². The number of thioether (sulfide) groups is 1. The number of benzene rings is 2. The molecule has 158 valence electrons. The van der Waals surface area contributed by atoms with Crippen LogP contribution in [0.5, 0.6) is 5.75 Å². The number of carbonyl (C=O) groups is 1. The quantitative estimate of drug-likeness (QED) is 0.324. The molecule has 1 aliphatic heterocycles. The summed E-state index contributed by atoms with van der Waals surface area (Å²) in [5, 5.41) is 0.782. The van der Waals surface area contributed by atoms with Crippen molar-refractivity contribution >= 4 is 51.5 Å². The van der Waals surface area contributed by atoms with E-state index in [0.29, 0.717) is 11.5 Å². The minimum absolute atomic E-state index is 0.0178. The van der Waals surface area contributed by atoms with Crippen LogP contribution in [0.3, 0.4) is 0 Å². The minimum atomic E-state index is 0.0178. The summed E-state index contributed by atoms with van der Waals surface area (Å²) in [5.74, 6) is 0.861. The van der Waals surface area contributed by atoms with Gasteiger partial charge in [-0.3, -0.25) is 14.7 Å². The molecule has 6 heteroatoms. The standard InChI is InChI=1S/C24H27IN2O2S/c1-15(2)26-24-27(16(3)4)23(28)22(30-24)13-18-9-10-21(20(25)12-18)29-14-19-8-6-7-17(5)11-19/h6-13,15-16H,14H2,1-5H3/b22-13+,26-24?. The molecular formula is C24H27IN2O2S. The van der Waals surface area contributed by atoms with Crippen LogP contribution in [0, 0.1) is 10.5 Å². The number of nitrogens with zero attached hydrogens (tertiary/aromatic N) is 2. The number of rotatable bonds is 6. The molecule has 1 heterocycles. The Balaban J connectivity index is 1.77. The van der Waals surface area contributed by atoms with Crippen LogP contribution in [0.4, 0.5) is 0 Å². The average Bonchev–Trinajstić information content (AvgIpc) is 2.95. The van der Waals surface area contributed by atoms with Crippen LogP contribution < -0.4 is 4.74 Å². The van der Waals surface area contributed by atoms with Crippen LogP contribution in [-0.4, -0.2) is 28.1 Å². The maximum Gasteiger partial charge on any atom is 0.266 e. The van der Waals surface area contributed by atoms with Gasteiger partial charge in [-0.15, -0.1) is 0 Å². The Morgan fingerprint density at radius 2 is 1.93 bits per heavy atom. The van der Waals surface area contributed by atoms with E-state index in [-0.39, 0.29) is 18.0 Å². The van der Waals surface area contributed by atoms with E-state index in [1.165, 1.54) is 17.3 Å². The number of amides is 1. The third-order valence-corrected chi connectivity index (χ3v) is 6.29. The van der Waals surface area contributed by atoms with Crippen molar-refractivity contribution in [3.05, 3.63) is 67.6 Å². The van der Waals surface area contributed by atoms with Crippen molar-refractivity contribution in [2.45, 2.75) is 53.3 Å². The van der Waals surface area contributed by atoms with Gasteiger partial charge < -0.3 is 4.74 Å². The predicted octanol–water partition coefficient (Wildman–Crippen LogP) is 6.27. The van der Waals surface area contributed by atoms with Gasteiger partial charge in [0.1, 0.15) is 12.4 Å². The van der Waals surface area contributed by atoms with Gasteiger partial charge in [-0.25, -0.2) is 0 Å². The summed E-state index contributed by atoms with van der Waals surface area (Å²) >= 11 is 3.73. The number of aliphatic imine (C=N–C) groups is 1. The van der Waals surface area contributed by atoms with Crippen LogP contribution in [0.15, 0.2) is 52.4 Å². The molecule has 2 aromatic carbocycles. The normalized spacial score (nSPS) is 17.1. The predicted molar refractivity (Wildman–Crippen MR) is 135 cm³/mol. The lowest BCUT2D eigenvalue weighted by Gasteiger charge is -2.20. The summed E-state index contributed by atoms with van der Waals surface area (Å²) in [6.45, 7) is 10.7. The fourth-order valence-electron chi connectivity index (χ4n) is 3.09. The Morgan fingerprint density at radius 1 is 1.17 bits per heavy atom. The number of halogens is 1. The highest BCUT2D eigenvalue weighted by atomic mass is 127. The highest BCUT2D eigenvalue weighted by molar-refractivity contribution is 14.1. The molecule has 1 fully saturated rings. The van der Waals surface area contributed by atoms with Crippen molar-refractivity contribution in [1.82, 2.24) is 4.90 Å². The summed E-state index contributed by atoms with van der Waals surface area (Å²) < 4.78 is 7.02. The second-order valence-corrected chi connectivity index (χ2v) is 10.0. The number of aryl methyl sites for hydroxylation is 1. The fourth-order valence-corrected chi connectivity index (χ4v) is 5.02. The van der Waals surface area contributed by atoms with Gasteiger partial charge in [-0.05, 0) is 98.3 Å². The van der Waals surface area contributed by atoms with E-state index >= 15 is 0 Å². The second kappa shape index (κ2) is 10.0. The van der Waals surface area contributed by atoms with Crippen molar-refractivity contribution in [3.63, 3.8) is 0 Å². The minimum Gasteiger partial charge on any atom is -0.488 e. The molecule has 0 unspecified atom stereocenters. The molecule has 30 heavy (non-hydrogen) atoms. The molecule has 2 aromatic rings. The summed E-state index contributed by atoms with van der Waals surface area (Å²) in [6.07, 6.45) is 1.94. The first-order valence-corrected chi connectivity index (χ1v) is 11.9. The van der Waals surface area contributed by atoms with Crippen molar-refractivity contribution in [2.24, 2.45) is 4.99 Å². The van der Waals surface area contributed by atoms with Crippen LogP contribution in [-0.2, 0) is 11.4 Å². The van der Waals surface area contributed by atoms with Gasteiger partial charge in [-0.2, -0.15) is 0 Å². The molecule has 0 atom stereocenters. The Labute approximate surface area is 196 Å². The molecule has 0 bridgehead atoms. The SMILES string of the molecule is Cc1cccc(COc2ccc(/C=C3/SC(=NC(C)C)N(C(C)C)C3=O)cc2I)c1. The Bertz CT molecular complexity index is 998. The monoisotopic (exact) mass is 534 g/mol. The van der Waals surface area contributed by atoms with Gasteiger partial charge in [0.15, 0.2) is 5.17 Å². The Morgan fingerprint density at radius 3 is 2.57 bits per heavy atom. The maximum atomic E-state index is 12.9. The topological polar surface area (TPSA) is 41.9 Å². The first kappa shape index (κ1) is 22.9. The number of amidine groups is 1. The van der Waals surface area contributed by atoms with Crippen LogP contribution >= 0.6 is 34.4 Å². The molecule has 3 rings (SSSR count). The van der Waals surface area contributed by atoms with Gasteiger partial charge in [0.25, 0.3) is 5.91 Å². The maximum absolute atomic E-state index is 12.9. The molecule has 0 aromatic heterocycles. The van der Waals surface area contributed by atoms with Crippen molar-refractivity contribution in [2.75, 3.05) is 0 Å². The lowest BCUT2D eigenvalue weighted by atomic mass is 10.1. The molecular weight excluding hydrogens is 507 g/mol. The zero-order valence-electron chi connectivity index (χ0n) is 18.0. The zero-order valence-corrected chi connectivity index (χ0v) is 21.0. The first-order valence-electron chi connectivity index (χ1n) is 10.0. The highest BCUT2D eigenvalue weighted by Gasteiger charge is 2.35. The molecule has 1 aliphatic rings. The third-order valence-electron chi connectivity index (χ3n) is 4.45. The highest BCUT2D eigenvalue weighted by Crippen LogP contribution is 2.35. The fraction of sp³-hybridized carbons (Fsp3) is 0.333. The summed E-state index contributed by atoms with van der Waals surface area (Å²) in [7, 11) is 0. The van der Waals surface area contributed by atoms with Gasteiger partial charge in [-0.1, -0.05) is 35.9 Å².